The van der Waals surface area contributed by atoms with Crippen LogP contribution >= 0.6 is 0 Å². The first-order valence-corrected chi connectivity index (χ1v) is 12.5. The van der Waals surface area contributed by atoms with Crippen LogP contribution in [0.1, 0.15) is 42.1 Å². The number of amides is 1. The summed E-state index contributed by atoms with van der Waals surface area (Å²) in [5.74, 6) is 1.35. The van der Waals surface area contributed by atoms with Crippen LogP contribution in [0.3, 0.4) is 0 Å². The molecule has 0 bridgehead atoms. The SMILES string of the molecule is COC[C@H]1CCCN1CCCN(C/C(C)=C/c1ccccc1)C(=O)c1cc(OC)c(OC)c(OC)c1. The lowest BCUT2D eigenvalue weighted by Crippen LogP contribution is -2.38. The van der Waals surface area contributed by atoms with E-state index in [1.54, 1.807) is 40.6 Å². The predicted molar refractivity (Wildman–Crippen MR) is 143 cm³/mol. The molecular weight excluding hydrogens is 456 g/mol. The second kappa shape index (κ2) is 13.9. The number of hydrogen-bond acceptors (Lipinski definition) is 6. The summed E-state index contributed by atoms with van der Waals surface area (Å²) >= 11 is 0. The number of methoxy groups -OCH3 is 4. The molecule has 1 atom stereocenters. The van der Waals surface area contributed by atoms with Gasteiger partial charge in [-0.2, -0.15) is 0 Å². The third-order valence-corrected chi connectivity index (χ3v) is 6.58. The molecule has 1 amide bonds. The van der Waals surface area contributed by atoms with Gasteiger partial charge in [-0.05, 0) is 50.4 Å². The van der Waals surface area contributed by atoms with E-state index in [4.69, 9.17) is 18.9 Å². The summed E-state index contributed by atoms with van der Waals surface area (Å²) in [5, 5.41) is 0. The number of carbonyl (C=O) groups is 1. The number of carbonyl (C=O) groups excluding carboxylic acids is 1. The summed E-state index contributed by atoms with van der Waals surface area (Å²) in [6.45, 7) is 6.03. The zero-order valence-electron chi connectivity index (χ0n) is 22.3. The van der Waals surface area contributed by atoms with E-state index < -0.39 is 0 Å². The maximum atomic E-state index is 13.8. The Hall–Kier alpha value is -3.03. The zero-order chi connectivity index (χ0) is 25.9. The number of rotatable bonds is 13. The summed E-state index contributed by atoms with van der Waals surface area (Å²) in [4.78, 5) is 18.2. The van der Waals surface area contributed by atoms with Gasteiger partial charge in [0.2, 0.25) is 5.75 Å². The van der Waals surface area contributed by atoms with Crippen LogP contribution in [0.15, 0.2) is 48.0 Å². The first-order chi connectivity index (χ1) is 17.5. The fourth-order valence-electron chi connectivity index (χ4n) is 4.86. The Morgan fingerprint density at radius 3 is 2.36 bits per heavy atom. The minimum absolute atomic E-state index is 0.0649. The minimum atomic E-state index is -0.0649. The number of nitrogens with zero attached hydrogens (tertiary/aromatic N) is 2. The first-order valence-electron chi connectivity index (χ1n) is 12.5. The lowest BCUT2D eigenvalue weighted by molar-refractivity contribution is 0.0752. The summed E-state index contributed by atoms with van der Waals surface area (Å²) in [7, 11) is 6.43. The van der Waals surface area contributed by atoms with Crippen LogP contribution in [0.5, 0.6) is 17.2 Å². The Labute approximate surface area is 215 Å². The minimum Gasteiger partial charge on any atom is -0.493 e. The Balaban J connectivity index is 1.81. The van der Waals surface area contributed by atoms with E-state index in [-0.39, 0.29) is 5.91 Å². The van der Waals surface area contributed by atoms with Crippen molar-refractivity contribution < 1.29 is 23.7 Å². The smallest absolute Gasteiger partial charge is 0.254 e. The zero-order valence-corrected chi connectivity index (χ0v) is 22.3. The van der Waals surface area contributed by atoms with Crippen molar-refractivity contribution in [3.63, 3.8) is 0 Å². The van der Waals surface area contributed by atoms with Crippen LogP contribution in [0.25, 0.3) is 6.08 Å². The van der Waals surface area contributed by atoms with Gasteiger partial charge in [-0.3, -0.25) is 9.69 Å². The molecular formula is C29H40N2O5. The maximum Gasteiger partial charge on any atom is 0.254 e. The van der Waals surface area contributed by atoms with Crippen molar-refractivity contribution in [2.24, 2.45) is 0 Å². The summed E-state index contributed by atoms with van der Waals surface area (Å²) in [6.07, 6.45) is 5.38. The van der Waals surface area contributed by atoms with Crippen LogP contribution < -0.4 is 14.2 Å². The quantitative estimate of drug-likeness (QED) is 0.399. The molecule has 0 saturated carbocycles. The molecule has 1 aliphatic rings. The highest BCUT2D eigenvalue weighted by Gasteiger charge is 2.25. The molecule has 0 N–H and O–H groups in total. The van der Waals surface area contributed by atoms with E-state index in [1.165, 1.54) is 12.8 Å². The van der Waals surface area contributed by atoms with Crippen LogP contribution in [-0.4, -0.2) is 83.0 Å². The van der Waals surface area contributed by atoms with E-state index in [1.807, 2.05) is 23.1 Å². The van der Waals surface area contributed by atoms with Crippen LogP contribution in [0.2, 0.25) is 0 Å². The molecule has 36 heavy (non-hydrogen) atoms. The van der Waals surface area contributed by atoms with Gasteiger partial charge in [-0.1, -0.05) is 42.0 Å². The van der Waals surface area contributed by atoms with Crippen molar-refractivity contribution in [2.75, 3.05) is 61.2 Å². The standard InChI is InChI=1S/C29H40N2O5/c1-22(17-23-11-7-6-8-12-23)20-31(16-10-15-30-14-9-13-25(30)21-33-2)29(32)24-18-26(34-3)28(36-5)27(19-24)35-4/h6-8,11-12,17-19,25H,9-10,13-16,20-21H2,1-5H3/b22-17+/t25-/m1/s1. The molecule has 1 heterocycles. The van der Waals surface area contributed by atoms with Crippen LogP contribution in [0, 0.1) is 0 Å². The van der Waals surface area contributed by atoms with E-state index in [0.29, 0.717) is 41.9 Å². The van der Waals surface area contributed by atoms with Gasteiger partial charge < -0.3 is 23.8 Å². The summed E-state index contributed by atoms with van der Waals surface area (Å²) < 4.78 is 21.8. The van der Waals surface area contributed by atoms with Gasteiger partial charge in [0.25, 0.3) is 5.91 Å². The van der Waals surface area contributed by atoms with Crippen molar-refractivity contribution in [1.82, 2.24) is 9.80 Å². The molecule has 7 heteroatoms. The Morgan fingerprint density at radius 1 is 1.06 bits per heavy atom. The average molecular weight is 497 g/mol. The van der Waals surface area contributed by atoms with E-state index in [9.17, 15) is 4.79 Å². The van der Waals surface area contributed by atoms with Gasteiger partial charge in [-0.15, -0.1) is 0 Å². The fraction of sp³-hybridized carbons (Fsp3) is 0.483. The van der Waals surface area contributed by atoms with Crippen LogP contribution in [0.4, 0.5) is 0 Å². The molecule has 0 aliphatic carbocycles. The Morgan fingerprint density at radius 2 is 1.75 bits per heavy atom. The lowest BCUT2D eigenvalue weighted by Gasteiger charge is -2.27. The number of benzene rings is 2. The number of hydrogen-bond donors (Lipinski definition) is 0. The van der Waals surface area contributed by atoms with Gasteiger partial charge in [0.1, 0.15) is 0 Å². The molecule has 3 rings (SSSR count). The largest absolute Gasteiger partial charge is 0.493 e. The Bertz CT molecular complexity index is 983. The van der Waals surface area contributed by atoms with Gasteiger partial charge >= 0.3 is 0 Å². The average Bonchev–Trinajstić information content (AvgIpc) is 3.34. The molecule has 2 aromatic rings. The fourth-order valence-corrected chi connectivity index (χ4v) is 4.86. The maximum absolute atomic E-state index is 13.8. The third-order valence-electron chi connectivity index (χ3n) is 6.58. The summed E-state index contributed by atoms with van der Waals surface area (Å²) in [5.41, 5.74) is 2.74. The molecule has 1 saturated heterocycles. The second-order valence-corrected chi connectivity index (χ2v) is 9.18. The molecule has 196 valence electrons. The molecule has 0 aromatic heterocycles. The lowest BCUT2D eigenvalue weighted by atomic mass is 10.1. The van der Waals surface area contributed by atoms with Crippen molar-refractivity contribution in [1.29, 1.82) is 0 Å². The number of ether oxygens (including phenoxy) is 4. The van der Waals surface area contributed by atoms with Gasteiger partial charge in [0, 0.05) is 38.3 Å². The van der Waals surface area contributed by atoms with E-state index >= 15 is 0 Å². The van der Waals surface area contributed by atoms with Gasteiger partial charge in [0.15, 0.2) is 11.5 Å². The van der Waals surface area contributed by atoms with Crippen molar-refractivity contribution >= 4 is 12.0 Å². The molecule has 2 aromatic carbocycles. The van der Waals surface area contributed by atoms with E-state index in [2.05, 4.69) is 30.0 Å². The highest BCUT2D eigenvalue weighted by Crippen LogP contribution is 2.38. The van der Waals surface area contributed by atoms with Crippen LogP contribution in [-0.2, 0) is 4.74 Å². The topological polar surface area (TPSA) is 60.5 Å². The highest BCUT2D eigenvalue weighted by molar-refractivity contribution is 5.96. The molecule has 1 aliphatic heterocycles. The third kappa shape index (κ3) is 7.24. The van der Waals surface area contributed by atoms with Gasteiger partial charge in [-0.25, -0.2) is 0 Å². The number of likely N-dealkylation sites (tertiary alicyclic amines) is 1. The molecule has 7 nitrogen and oxygen atoms in total. The van der Waals surface area contributed by atoms with Crippen molar-refractivity contribution in [3.05, 3.63) is 59.2 Å². The monoisotopic (exact) mass is 496 g/mol. The van der Waals surface area contributed by atoms with Crippen molar-refractivity contribution in [3.8, 4) is 17.2 Å². The summed E-state index contributed by atoms with van der Waals surface area (Å²) in [6, 6.07) is 14.1. The first kappa shape index (κ1) is 27.6. The second-order valence-electron chi connectivity index (χ2n) is 9.18. The predicted octanol–water partition coefficient (Wildman–Crippen LogP) is 4.76. The van der Waals surface area contributed by atoms with E-state index in [0.717, 1.165) is 37.3 Å². The molecule has 0 radical (unpaired) electrons. The molecule has 0 unspecified atom stereocenters. The molecule has 0 spiro atoms. The normalized spacial score (nSPS) is 16.1. The molecule has 1 fully saturated rings. The van der Waals surface area contributed by atoms with Gasteiger partial charge in [0.05, 0.1) is 27.9 Å². The Kier molecular flexibility index (Phi) is 10.6. The highest BCUT2D eigenvalue weighted by atomic mass is 16.5. The van der Waals surface area contributed by atoms with Crippen molar-refractivity contribution in [2.45, 2.75) is 32.2 Å².